The lowest BCUT2D eigenvalue weighted by molar-refractivity contribution is 0.536. The van der Waals surface area contributed by atoms with Gasteiger partial charge in [-0.1, -0.05) is 45.4 Å². The van der Waals surface area contributed by atoms with Gasteiger partial charge in [0.25, 0.3) is 0 Å². The van der Waals surface area contributed by atoms with Crippen molar-refractivity contribution in [3.63, 3.8) is 0 Å². The van der Waals surface area contributed by atoms with E-state index in [1.807, 2.05) is 0 Å². The first-order valence-electron chi connectivity index (χ1n) is 10.1. The van der Waals surface area contributed by atoms with Crippen LogP contribution in [0.3, 0.4) is 0 Å². The molecule has 0 aromatic carbocycles. The topological polar surface area (TPSA) is 18.5 Å². The summed E-state index contributed by atoms with van der Waals surface area (Å²) in [7, 11) is -4.55. The zero-order chi connectivity index (χ0) is 19.4. The van der Waals surface area contributed by atoms with Gasteiger partial charge in [-0.05, 0) is 71.5 Å². The zero-order valence-corrected chi connectivity index (χ0v) is 23.0. The molecule has 0 bridgehead atoms. The Morgan fingerprint density at radius 1 is 0.667 bits per heavy atom. The smallest absolute Gasteiger partial charge is 0.173 e. The molecule has 2 nitrogen and oxygen atoms in total. The summed E-state index contributed by atoms with van der Waals surface area (Å²) in [6.45, 7) is 25.1. The minimum absolute atomic E-state index is 0.734. The lowest BCUT2D eigenvalue weighted by Crippen LogP contribution is -2.42. The average Bonchev–Trinajstić information content (AvgIpc) is 2.28. The second-order valence-electron chi connectivity index (χ2n) is 9.77. The average molecular weight is 409 g/mol. The Bertz CT molecular complexity index is 294. The van der Waals surface area contributed by atoms with Gasteiger partial charge in [0.15, 0.2) is 34.0 Å². The van der Waals surface area contributed by atoms with Crippen LogP contribution in [0.1, 0.15) is 45.4 Å². The first-order chi connectivity index (χ1) is 10.7. The summed E-state index contributed by atoms with van der Waals surface area (Å²) in [5.74, 6) is 0. The van der Waals surface area contributed by atoms with Gasteiger partial charge >= 0.3 is 0 Å². The third-order valence-corrected chi connectivity index (χ3v) is 14.2. The first-order valence-corrected chi connectivity index (χ1v) is 22.8. The molecule has 0 aliphatic rings. The molecular formula is C18H48O2Si4. The molecule has 6 heteroatoms. The SMILES string of the molecule is CCCCCCCC[Si](C)(C)O[Si](C)(C)C.C[SiH](C)O[Si](C)(C)C. The Morgan fingerprint density at radius 3 is 1.46 bits per heavy atom. The maximum absolute atomic E-state index is 6.33. The van der Waals surface area contributed by atoms with E-state index >= 15 is 0 Å². The molecular weight excluding hydrogens is 361 g/mol. The van der Waals surface area contributed by atoms with Gasteiger partial charge in [-0.25, -0.2) is 0 Å². The van der Waals surface area contributed by atoms with Crippen molar-refractivity contribution in [2.45, 2.75) is 117 Å². The lowest BCUT2D eigenvalue weighted by Gasteiger charge is -2.31. The van der Waals surface area contributed by atoms with E-state index in [9.17, 15) is 0 Å². The summed E-state index contributed by atoms with van der Waals surface area (Å²) in [5, 5.41) is 0. The predicted molar refractivity (Wildman–Crippen MR) is 123 cm³/mol. The molecule has 0 spiro atoms. The van der Waals surface area contributed by atoms with Crippen molar-refractivity contribution in [1.82, 2.24) is 0 Å². The number of rotatable bonds is 11. The zero-order valence-electron chi connectivity index (χ0n) is 18.8. The van der Waals surface area contributed by atoms with Crippen LogP contribution < -0.4 is 0 Å². The molecule has 0 saturated carbocycles. The monoisotopic (exact) mass is 408 g/mol. The fraction of sp³-hybridized carbons (Fsp3) is 1.00. The van der Waals surface area contributed by atoms with Gasteiger partial charge in [-0.3, -0.25) is 0 Å². The fourth-order valence-corrected chi connectivity index (χ4v) is 16.7. The van der Waals surface area contributed by atoms with Gasteiger partial charge in [0.2, 0.25) is 0 Å². The molecule has 0 aliphatic carbocycles. The standard InChI is InChI=1S/C13H32OSi2.C5H16OSi2/c1-7-8-9-10-11-12-13-16(5,6)14-15(2,3)4;1-7(2)6-8(3,4)5/h7-13H2,1-6H3;7H,1-5H3. The van der Waals surface area contributed by atoms with Crippen molar-refractivity contribution < 1.29 is 8.23 Å². The van der Waals surface area contributed by atoms with E-state index in [1.165, 1.54) is 44.6 Å². The van der Waals surface area contributed by atoms with Gasteiger partial charge < -0.3 is 8.23 Å². The Morgan fingerprint density at radius 2 is 1.12 bits per heavy atom. The highest BCUT2D eigenvalue weighted by atomic mass is 28.4. The molecule has 0 atom stereocenters. The molecule has 0 fully saturated rings. The normalized spacial score (nSPS) is 13.0. The van der Waals surface area contributed by atoms with Gasteiger partial charge in [0.05, 0.1) is 0 Å². The van der Waals surface area contributed by atoms with Gasteiger partial charge in [0.1, 0.15) is 0 Å². The van der Waals surface area contributed by atoms with Crippen molar-refractivity contribution in [3.8, 4) is 0 Å². The van der Waals surface area contributed by atoms with Gasteiger partial charge in [-0.2, -0.15) is 0 Å². The van der Waals surface area contributed by atoms with Crippen molar-refractivity contribution in [3.05, 3.63) is 0 Å². The fourth-order valence-electron chi connectivity index (χ4n) is 2.92. The summed E-state index contributed by atoms with van der Waals surface area (Å²) in [5.41, 5.74) is 0. The van der Waals surface area contributed by atoms with Crippen LogP contribution in [0.4, 0.5) is 0 Å². The Balaban J connectivity index is 0. The Kier molecular flexibility index (Phi) is 14.7. The minimum Gasteiger partial charge on any atom is -0.458 e. The summed E-state index contributed by atoms with van der Waals surface area (Å²) >= 11 is 0. The van der Waals surface area contributed by atoms with Crippen LogP contribution in [0.25, 0.3) is 0 Å². The third kappa shape index (κ3) is 25.0. The van der Waals surface area contributed by atoms with E-state index in [0.717, 1.165) is 0 Å². The molecule has 0 unspecified atom stereocenters. The maximum Gasteiger partial charge on any atom is 0.173 e. The van der Waals surface area contributed by atoms with E-state index in [-0.39, 0.29) is 0 Å². The summed E-state index contributed by atoms with van der Waals surface area (Å²) in [6, 6.07) is 1.35. The molecule has 0 rings (SSSR count). The molecule has 0 radical (unpaired) electrons. The van der Waals surface area contributed by atoms with Crippen molar-refractivity contribution in [1.29, 1.82) is 0 Å². The van der Waals surface area contributed by atoms with E-state index in [1.54, 1.807) is 0 Å². The van der Waals surface area contributed by atoms with Crippen molar-refractivity contribution in [2.24, 2.45) is 0 Å². The Hall–Kier alpha value is 0.788. The van der Waals surface area contributed by atoms with Crippen LogP contribution in [0.15, 0.2) is 0 Å². The third-order valence-electron chi connectivity index (χ3n) is 3.30. The lowest BCUT2D eigenvalue weighted by atomic mass is 10.1. The van der Waals surface area contributed by atoms with Crippen LogP contribution in [-0.4, -0.2) is 34.0 Å². The molecule has 0 heterocycles. The van der Waals surface area contributed by atoms with Crippen LogP contribution in [0.2, 0.25) is 71.5 Å². The molecule has 0 aromatic heterocycles. The van der Waals surface area contributed by atoms with Crippen molar-refractivity contribution in [2.75, 3.05) is 0 Å². The largest absolute Gasteiger partial charge is 0.458 e. The van der Waals surface area contributed by atoms with Crippen LogP contribution in [0.5, 0.6) is 0 Å². The molecule has 0 saturated heterocycles. The highest BCUT2D eigenvalue weighted by Gasteiger charge is 2.28. The summed E-state index contributed by atoms with van der Waals surface area (Å²) in [6.07, 6.45) is 8.39. The first kappa shape index (κ1) is 27.0. The van der Waals surface area contributed by atoms with Gasteiger partial charge in [0, 0.05) is 0 Å². The van der Waals surface area contributed by atoms with E-state index < -0.39 is 34.0 Å². The number of unbranched alkanes of at least 4 members (excludes halogenated alkanes) is 5. The van der Waals surface area contributed by atoms with E-state index in [4.69, 9.17) is 8.23 Å². The Labute approximate surface area is 159 Å². The highest BCUT2D eigenvalue weighted by Crippen LogP contribution is 2.21. The van der Waals surface area contributed by atoms with E-state index in [2.05, 4.69) is 72.4 Å². The molecule has 0 aromatic rings. The molecule has 24 heavy (non-hydrogen) atoms. The number of hydrogen-bond acceptors (Lipinski definition) is 2. The molecule has 0 N–H and O–H groups in total. The molecule has 148 valence electrons. The molecule has 0 amide bonds. The molecule has 0 aliphatic heterocycles. The van der Waals surface area contributed by atoms with Crippen LogP contribution in [-0.2, 0) is 8.23 Å². The minimum atomic E-state index is -1.35. The van der Waals surface area contributed by atoms with Crippen molar-refractivity contribution >= 4 is 34.0 Å². The number of hydrogen-bond donors (Lipinski definition) is 0. The summed E-state index contributed by atoms with van der Waals surface area (Å²) < 4.78 is 12.0. The second-order valence-corrected chi connectivity index (χ2v) is 26.1. The quantitative estimate of drug-likeness (QED) is 0.265. The predicted octanol–water partition coefficient (Wildman–Crippen LogP) is 7.22. The van der Waals surface area contributed by atoms with Crippen LogP contribution in [0, 0.1) is 0 Å². The second kappa shape index (κ2) is 13.0. The highest BCUT2D eigenvalue weighted by molar-refractivity contribution is 6.84. The maximum atomic E-state index is 6.33. The summed E-state index contributed by atoms with van der Waals surface area (Å²) in [4.78, 5) is 0. The van der Waals surface area contributed by atoms with Gasteiger partial charge in [-0.15, -0.1) is 0 Å². The van der Waals surface area contributed by atoms with Crippen LogP contribution >= 0.6 is 0 Å². The van der Waals surface area contributed by atoms with E-state index in [0.29, 0.717) is 0 Å².